The molecule has 7 nitrogen and oxygen atoms in total. The van der Waals surface area contributed by atoms with Gasteiger partial charge in [-0.1, -0.05) is 6.92 Å². The maximum absolute atomic E-state index is 12.9. The van der Waals surface area contributed by atoms with Gasteiger partial charge in [-0.05, 0) is 12.0 Å². The molecular formula is C18H27N3O4. The van der Waals surface area contributed by atoms with Crippen LogP contribution >= 0.6 is 0 Å². The average Bonchev–Trinajstić information content (AvgIpc) is 3.03. The van der Waals surface area contributed by atoms with Gasteiger partial charge in [-0.15, -0.1) is 0 Å². The minimum Gasteiger partial charge on any atom is -0.383 e. The van der Waals surface area contributed by atoms with Crippen molar-refractivity contribution in [3.63, 3.8) is 0 Å². The number of aromatic nitrogens is 1. The molecule has 7 heteroatoms. The standard InChI is InChI=1S/C18H27N3O4/c1-14-11-21(13-16(14)19-6-9-25-10-7-19)18(23)15-3-4-17(22)20(12-15)5-8-24-2/h3-4,12,14,16H,5-11,13H2,1-2H3/t14-,16-/m0/s1. The molecule has 0 saturated carbocycles. The highest BCUT2D eigenvalue weighted by atomic mass is 16.5. The number of ether oxygens (including phenoxy) is 2. The molecular weight excluding hydrogens is 322 g/mol. The lowest BCUT2D eigenvalue weighted by Crippen LogP contribution is -2.47. The molecule has 2 aliphatic heterocycles. The fourth-order valence-electron chi connectivity index (χ4n) is 3.70. The fourth-order valence-corrected chi connectivity index (χ4v) is 3.70. The van der Waals surface area contributed by atoms with Gasteiger partial charge in [-0.3, -0.25) is 14.5 Å². The molecule has 25 heavy (non-hydrogen) atoms. The number of nitrogens with zero attached hydrogens (tertiary/aromatic N) is 3. The van der Waals surface area contributed by atoms with Gasteiger partial charge in [0.1, 0.15) is 0 Å². The summed E-state index contributed by atoms with van der Waals surface area (Å²) in [5.74, 6) is 0.426. The Bertz CT molecular complexity index is 654. The summed E-state index contributed by atoms with van der Waals surface area (Å²) in [6.45, 7) is 7.96. The minimum atomic E-state index is -0.116. The van der Waals surface area contributed by atoms with Crippen molar-refractivity contribution in [3.05, 3.63) is 34.2 Å². The van der Waals surface area contributed by atoms with Crippen LogP contribution in [0.1, 0.15) is 17.3 Å². The van der Waals surface area contributed by atoms with E-state index < -0.39 is 0 Å². The Balaban J connectivity index is 1.69. The summed E-state index contributed by atoms with van der Waals surface area (Å²) in [6.07, 6.45) is 1.65. The summed E-state index contributed by atoms with van der Waals surface area (Å²) in [6, 6.07) is 3.47. The monoisotopic (exact) mass is 349 g/mol. The zero-order valence-electron chi connectivity index (χ0n) is 15.0. The van der Waals surface area contributed by atoms with Crippen LogP contribution in [-0.2, 0) is 16.0 Å². The number of hydrogen-bond acceptors (Lipinski definition) is 5. The third kappa shape index (κ3) is 4.11. The Hall–Kier alpha value is -1.70. The highest BCUT2D eigenvalue weighted by Crippen LogP contribution is 2.24. The molecule has 2 aliphatic rings. The zero-order valence-corrected chi connectivity index (χ0v) is 15.0. The van der Waals surface area contributed by atoms with E-state index >= 15 is 0 Å². The summed E-state index contributed by atoms with van der Waals surface area (Å²) in [5.41, 5.74) is 0.445. The summed E-state index contributed by atoms with van der Waals surface area (Å²) >= 11 is 0. The van der Waals surface area contributed by atoms with Crippen molar-refractivity contribution < 1.29 is 14.3 Å². The molecule has 138 valence electrons. The van der Waals surface area contributed by atoms with Crippen LogP contribution < -0.4 is 5.56 Å². The topological polar surface area (TPSA) is 64.0 Å². The quantitative estimate of drug-likeness (QED) is 0.764. The van der Waals surface area contributed by atoms with E-state index in [0.29, 0.717) is 30.7 Å². The number of methoxy groups -OCH3 is 1. The molecule has 0 spiro atoms. The second-order valence-corrected chi connectivity index (χ2v) is 6.85. The largest absolute Gasteiger partial charge is 0.383 e. The van der Waals surface area contributed by atoms with Gasteiger partial charge in [-0.25, -0.2) is 0 Å². The van der Waals surface area contributed by atoms with Gasteiger partial charge in [0.2, 0.25) is 0 Å². The lowest BCUT2D eigenvalue weighted by Gasteiger charge is -2.34. The summed E-state index contributed by atoms with van der Waals surface area (Å²) in [4.78, 5) is 29.1. The van der Waals surface area contributed by atoms with Crippen LogP contribution in [0.25, 0.3) is 0 Å². The first-order valence-electron chi connectivity index (χ1n) is 8.90. The predicted molar refractivity (Wildman–Crippen MR) is 93.8 cm³/mol. The van der Waals surface area contributed by atoms with Gasteiger partial charge in [0, 0.05) is 58.1 Å². The van der Waals surface area contributed by atoms with Gasteiger partial charge in [0.25, 0.3) is 11.5 Å². The van der Waals surface area contributed by atoms with Crippen LogP contribution in [0.2, 0.25) is 0 Å². The molecule has 0 aliphatic carbocycles. The molecule has 0 unspecified atom stereocenters. The van der Waals surface area contributed by atoms with Gasteiger partial charge in [0.15, 0.2) is 0 Å². The van der Waals surface area contributed by atoms with E-state index in [0.717, 1.165) is 39.4 Å². The highest BCUT2D eigenvalue weighted by Gasteiger charge is 2.36. The second kappa shape index (κ2) is 8.12. The molecule has 3 rings (SSSR count). The number of carbonyl (C=O) groups excluding carboxylic acids is 1. The molecule has 0 radical (unpaired) electrons. The van der Waals surface area contributed by atoms with Crippen LogP contribution in [-0.4, -0.2) is 79.4 Å². The molecule has 0 bridgehead atoms. The Kier molecular flexibility index (Phi) is 5.88. The number of hydrogen-bond donors (Lipinski definition) is 0. The van der Waals surface area contributed by atoms with E-state index in [9.17, 15) is 9.59 Å². The van der Waals surface area contributed by atoms with Gasteiger partial charge >= 0.3 is 0 Å². The summed E-state index contributed by atoms with van der Waals surface area (Å²) in [5, 5.41) is 0. The van der Waals surface area contributed by atoms with Crippen molar-refractivity contribution >= 4 is 5.91 Å². The molecule has 3 heterocycles. The maximum atomic E-state index is 12.9. The Morgan fingerprint density at radius 2 is 2.04 bits per heavy atom. The fraction of sp³-hybridized carbons (Fsp3) is 0.667. The van der Waals surface area contributed by atoms with E-state index in [1.165, 1.54) is 10.6 Å². The first-order valence-corrected chi connectivity index (χ1v) is 8.90. The number of carbonyl (C=O) groups is 1. The second-order valence-electron chi connectivity index (χ2n) is 6.85. The number of morpholine rings is 1. The Morgan fingerprint density at radius 1 is 1.28 bits per heavy atom. The predicted octanol–water partition coefficient (Wildman–Crippen LogP) is 0.287. The third-order valence-corrected chi connectivity index (χ3v) is 5.14. The van der Waals surface area contributed by atoms with E-state index in [-0.39, 0.29) is 11.5 Å². The highest BCUT2D eigenvalue weighted by molar-refractivity contribution is 5.94. The normalized spacial score (nSPS) is 24.6. The van der Waals surface area contributed by atoms with Crippen LogP contribution in [0.15, 0.2) is 23.1 Å². The van der Waals surface area contributed by atoms with E-state index in [1.54, 1.807) is 19.4 Å². The minimum absolute atomic E-state index is 0.00576. The maximum Gasteiger partial charge on any atom is 0.255 e. The van der Waals surface area contributed by atoms with Gasteiger partial charge < -0.3 is 18.9 Å². The van der Waals surface area contributed by atoms with Crippen molar-refractivity contribution in [1.29, 1.82) is 0 Å². The van der Waals surface area contributed by atoms with Gasteiger partial charge in [0.05, 0.1) is 25.4 Å². The van der Waals surface area contributed by atoms with E-state index in [2.05, 4.69) is 11.8 Å². The van der Waals surface area contributed by atoms with Gasteiger partial charge in [-0.2, -0.15) is 0 Å². The molecule has 0 aromatic carbocycles. The molecule has 1 amide bonds. The zero-order chi connectivity index (χ0) is 17.8. The molecule has 2 fully saturated rings. The lowest BCUT2D eigenvalue weighted by atomic mass is 10.0. The van der Waals surface area contributed by atoms with Crippen LogP contribution in [0.3, 0.4) is 0 Å². The van der Waals surface area contributed by atoms with Crippen molar-refractivity contribution in [2.24, 2.45) is 5.92 Å². The van der Waals surface area contributed by atoms with Crippen molar-refractivity contribution in [1.82, 2.24) is 14.4 Å². The van der Waals surface area contributed by atoms with Crippen molar-refractivity contribution in [3.8, 4) is 0 Å². The average molecular weight is 349 g/mol. The van der Waals surface area contributed by atoms with E-state index in [1.807, 2.05) is 4.90 Å². The molecule has 2 saturated heterocycles. The number of likely N-dealkylation sites (tertiary alicyclic amines) is 1. The Labute approximate surface area is 148 Å². The first kappa shape index (κ1) is 18.1. The third-order valence-electron chi connectivity index (χ3n) is 5.14. The smallest absolute Gasteiger partial charge is 0.255 e. The summed E-state index contributed by atoms with van der Waals surface area (Å²) in [7, 11) is 1.59. The van der Waals surface area contributed by atoms with Crippen LogP contribution in [0, 0.1) is 5.92 Å². The van der Waals surface area contributed by atoms with Crippen molar-refractivity contribution in [2.75, 3.05) is 53.1 Å². The molecule has 1 aromatic rings. The number of rotatable bonds is 5. The van der Waals surface area contributed by atoms with E-state index in [4.69, 9.17) is 9.47 Å². The van der Waals surface area contributed by atoms with Crippen LogP contribution in [0.5, 0.6) is 0 Å². The number of amides is 1. The Morgan fingerprint density at radius 3 is 2.76 bits per heavy atom. The SMILES string of the molecule is COCCn1cc(C(=O)N2C[C@H](C)[C@@H](N3CCOCC3)C2)ccc1=O. The first-order chi connectivity index (χ1) is 12.1. The molecule has 0 N–H and O–H groups in total. The lowest BCUT2D eigenvalue weighted by molar-refractivity contribution is 0.0119. The molecule has 2 atom stereocenters. The summed E-state index contributed by atoms with van der Waals surface area (Å²) < 4.78 is 12.0. The van der Waals surface area contributed by atoms with Crippen LogP contribution in [0.4, 0.5) is 0 Å². The molecule has 1 aromatic heterocycles. The number of pyridine rings is 1. The van der Waals surface area contributed by atoms with Crippen molar-refractivity contribution in [2.45, 2.75) is 19.5 Å².